The van der Waals surface area contributed by atoms with Crippen molar-refractivity contribution in [1.82, 2.24) is 5.06 Å². The lowest BCUT2D eigenvalue weighted by Gasteiger charge is -2.27. The number of hydrogen-bond donors (Lipinski definition) is 1. The summed E-state index contributed by atoms with van der Waals surface area (Å²) in [6.45, 7) is 5.22. The van der Waals surface area contributed by atoms with Crippen LogP contribution in [0.5, 0.6) is 0 Å². The Morgan fingerprint density at radius 1 is 1.32 bits per heavy atom. The van der Waals surface area contributed by atoms with Crippen molar-refractivity contribution in [3.63, 3.8) is 0 Å². The van der Waals surface area contributed by atoms with Crippen LogP contribution in [0.2, 0.25) is 5.02 Å². The van der Waals surface area contributed by atoms with Gasteiger partial charge in [0.05, 0.1) is 6.54 Å². The molecule has 0 aliphatic heterocycles. The summed E-state index contributed by atoms with van der Waals surface area (Å²) in [5.41, 5.74) is 4.95. The molecule has 104 valence electrons. The molecule has 2 amide bonds. The van der Waals surface area contributed by atoms with Crippen molar-refractivity contribution in [2.24, 2.45) is 11.1 Å². The van der Waals surface area contributed by atoms with E-state index in [2.05, 4.69) is 0 Å². The minimum absolute atomic E-state index is 0.0543. The van der Waals surface area contributed by atoms with Crippen LogP contribution in [0, 0.1) is 5.41 Å². The van der Waals surface area contributed by atoms with E-state index >= 15 is 0 Å². The van der Waals surface area contributed by atoms with Crippen molar-refractivity contribution in [2.45, 2.75) is 27.3 Å². The summed E-state index contributed by atoms with van der Waals surface area (Å²) in [5, 5.41) is 1.42. The second-order valence-corrected chi connectivity index (χ2v) is 5.50. The maximum absolute atomic E-state index is 12.2. The second kappa shape index (κ2) is 5.93. The molecule has 0 aliphatic rings. The molecule has 1 aromatic rings. The Hall–Kier alpha value is -1.75. The van der Waals surface area contributed by atoms with Crippen LogP contribution in [-0.2, 0) is 16.2 Å². The molecule has 0 bridgehead atoms. The molecule has 19 heavy (non-hydrogen) atoms. The van der Waals surface area contributed by atoms with Crippen LogP contribution < -0.4 is 5.73 Å². The molecule has 5 nitrogen and oxygen atoms in total. The number of nitrogens with two attached hydrogens (primary N) is 1. The topological polar surface area (TPSA) is 72.6 Å². The largest absolute Gasteiger partial charge is 0.429 e. The van der Waals surface area contributed by atoms with Crippen molar-refractivity contribution >= 4 is 23.6 Å². The van der Waals surface area contributed by atoms with Gasteiger partial charge in [-0.05, 0) is 11.6 Å². The normalized spacial score (nSPS) is 10.9. The number of hydroxylamine groups is 2. The first-order chi connectivity index (χ1) is 8.71. The van der Waals surface area contributed by atoms with E-state index in [4.69, 9.17) is 22.2 Å². The average Bonchev–Trinajstić information content (AvgIpc) is 2.28. The van der Waals surface area contributed by atoms with E-state index in [1.807, 2.05) is 0 Å². The van der Waals surface area contributed by atoms with E-state index in [9.17, 15) is 9.59 Å². The zero-order chi connectivity index (χ0) is 14.6. The van der Waals surface area contributed by atoms with Gasteiger partial charge in [-0.2, -0.15) is 5.06 Å². The van der Waals surface area contributed by atoms with E-state index in [0.717, 1.165) is 5.06 Å². The number of rotatable bonds is 2. The van der Waals surface area contributed by atoms with Crippen LogP contribution in [0.1, 0.15) is 26.3 Å². The second-order valence-electron chi connectivity index (χ2n) is 5.09. The molecular formula is C13H17ClN2O3. The van der Waals surface area contributed by atoms with Gasteiger partial charge in [0.1, 0.15) is 0 Å². The molecule has 0 unspecified atom stereocenters. The Labute approximate surface area is 117 Å². The van der Waals surface area contributed by atoms with Crippen LogP contribution in [0.25, 0.3) is 0 Å². The lowest BCUT2D eigenvalue weighted by molar-refractivity contribution is -0.176. The molecule has 2 N–H and O–H groups in total. The minimum atomic E-state index is -1.04. The molecule has 0 spiro atoms. The number of carbonyl (C=O) groups excluding carboxylic acids is 2. The van der Waals surface area contributed by atoms with Gasteiger partial charge >= 0.3 is 6.09 Å². The van der Waals surface area contributed by atoms with E-state index < -0.39 is 11.5 Å². The van der Waals surface area contributed by atoms with Gasteiger partial charge < -0.3 is 10.6 Å². The molecule has 0 atom stereocenters. The Balaban J connectivity index is 2.96. The lowest BCUT2D eigenvalue weighted by Crippen LogP contribution is -2.41. The van der Waals surface area contributed by atoms with E-state index in [0.29, 0.717) is 10.6 Å². The van der Waals surface area contributed by atoms with Crippen molar-refractivity contribution in [3.05, 3.63) is 34.9 Å². The molecule has 0 aromatic heterocycles. The molecule has 0 saturated carbocycles. The summed E-state index contributed by atoms with van der Waals surface area (Å²) in [4.78, 5) is 27.8. The maximum atomic E-state index is 12.2. The zero-order valence-corrected chi connectivity index (χ0v) is 11.9. The molecule has 1 aromatic carbocycles. The van der Waals surface area contributed by atoms with Crippen LogP contribution in [-0.4, -0.2) is 17.1 Å². The van der Waals surface area contributed by atoms with Gasteiger partial charge in [0.15, 0.2) is 0 Å². The van der Waals surface area contributed by atoms with Gasteiger partial charge in [0.25, 0.3) is 5.91 Å². The van der Waals surface area contributed by atoms with Crippen LogP contribution in [0.15, 0.2) is 24.3 Å². The Kier molecular flexibility index (Phi) is 4.78. The molecule has 0 saturated heterocycles. The molecule has 1 rings (SSSR count). The van der Waals surface area contributed by atoms with Crippen molar-refractivity contribution in [1.29, 1.82) is 0 Å². The number of hydrogen-bond acceptors (Lipinski definition) is 3. The quantitative estimate of drug-likeness (QED) is 0.849. The fourth-order valence-electron chi connectivity index (χ4n) is 1.41. The highest BCUT2D eigenvalue weighted by molar-refractivity contribution is 6.31. The van der Waals surface area contributed by atoms with Crippen molar-refractivity contribution < 1.29 is 14.4 Å². The number of halogens is 1. The van der Waals surface area contributed by atoms with Gasteiger partial charge in [-0.25, -0.2) is 4.79 Å². The molecular weight excluding hydrogens is 268 g/mol. The predicted octanol–water partition coefficient (Wildman–Crippen LogP) is 2.73. The van der Waals surface area contributed by atoms with Crippen molar-refractivity contribution in [2.75, 3.05) is 0 Å². The van der Waals surface area contributed by atoms with Crippen LogP contribution >= 0.6 is 11.6 Å². The van der Waals surface area contributed by atoms with E-state index in [1.54, 1.807) is 45.0 Å². The van der Waals surface area contributed by atoms with Crippen LogP contribution in [0.3, 0.4) is 0 Å². The fourth-order valence-corrected chi connectivity index (χ4v) is 1.61. The first-order valence-corrected chi connectivity index (χ1v) is 6.12. The van der Waals surface area contributed by atoms with Gasteiger partial charge in [0, 0.05) is 10.4 Å². The highest BCUT2D eigenvalue weighted by atomic mass is 35.5. The highest BCUT2D eigenvalue weighted by Gasteiger charge is 2.30. The van der Waals surface area contributed by atoms with E-state index in [1.165, 1.54) is 0 Å². The highest BCUT2D eigenvalue weighted by Crippen LogP contribution is 2.22. The smallest absolute Gasteiger partial charge is 0.333 e. The summed E-state index contributed by atoms with van der Waals surface area (Å²) in [6, 6.07) is 7.00. The Morgan fingerprint density at radius 2 is 1.89 bits per heavy atom. The number of primary amides is 1. The Morgan fingerprint density at radius 3 is 2.37 bits per heavy atom. The summed E-state index contributed by atoms with van der Waals surface area (Å²) in [5.74, 6) is -0.355. The van der Waals surface area contributed by atoms with Crippen molar-refractivity contribution in [3.8, 4) is 0 Å². The van der Waals surface area contributed by atoms with E-state index in [-0.39, 0.29) is 12.5 Å². The van der Waals surface area contributed by atoms with Crippen LogP contribution in [0.4, 0.5) is 4.79 Å². The number of nitrogens with zero attached hydrogens (tertiary/aromatic N) is 1. The number of carbonyl (C=O) groups is 2. The SMILES string of the molecule is CC(C)(C)C(=O)N(Cc1ccccc1Cl)OC(N)=O. The first kappa shape index (κ1) is 15.3. The zero-order valence-electron chi connectivity index (χ0n) is 11.1. The molecule has 0 fully saturated rings. The maximum Gasteiger partial charge on any atom is 0.429 e. The molecule has 6 heteroatoms. The summed E-state index contributed by atoms with van der Waals surface area (Å²) >= 11 is 6.01. The molecule has 0 aliphatic carbocycles. The third-order valence-electron chi connectivity index (χ3n) is 2.34. The average molecular weight is 285 g/mol. The summed E-state index contributed by atoms with van der Waals surface area (Å²) < 4.78 is 0. The van der Waals surface area contributed by atoms with Gasteiger partial charge in [-0.3, -0.25) is 4.79 Å². The first-order valence-electron chi connectivity index (χ1n) is 5.74. The summed E-state index contributed by atoms with van der Waals surface area (Å²) in [6.07, 6.45) is -1.04. The lowest BCUT2D eigenvalue weighted by atomic mass is 9.95. The monoisotopic (exact) mass is 284 g/mol. The fraction of sp³-hybridized carbons (Fsp3) is 0.385. The predicted molar refractivity (Wildman–Crippen MR) is 72.1 cm³/mol. The molecule has 0 heterocycles. The van der Waals surface area contributed by atoms with Gasteiger partial charge in [-0.15, -0.1) is 0 Å². The third kappa shape index (κ3) is 4.44. The summed E-state index contributed by atoms with van der Waals surface area (Å²) in [7, 11) is 0. The standard InChI is InChI=1S/C13H17ClN2O3/c1-13(2,3)11(17)16(19-12(15)18)8-9-6-4-5-7-10(9)14/h4-7H,8H2,1-3H3,(H2,15,18). The minimum Gasteiger partial charge on any atom is -0.333 e. The van der Waals surface area contributed by atoms with Gasteiger partial charge in [-0.1, -0.05) is 50.6 Å². The number of amides is 2. The number of benzene rings is 1. The third-order valence-corrected chi connectivity index (χ3v) is 2.71. The van der Waals surface area contributed by atoms with Gasteiger partial charge in [0.2, 0.25) is 0 Å². The molecule has 0 radical (unpaired) electrons. The Bertz CT molecular complexity index is 483.